The van der Waals surface area contributed by atoms with Crippen molar-refractivity contribution in [2.75, 3.05) is 6.54 Å². The highest BCUT2D eigenvalue weighted by Crippen LogP contribution is 2.30. The molecule has 1 aromatic carbocycles. The fourth-order valence-corrected chi connectivity index (χ4v) is 4.07. The maximum atomic E-state index is 12.2. The average Bonchev–Trinajstić information content (AvgIpc) is 3.31. The van der Waals surface area contributed by atoms with E-state index < -0.39 is 0 Å². The van der Waals surface area contributed by atoms with Gasteiger partial charge in [0.2, 0.25) is 5.91 Å². The van der Waals surface area contributed by atoms with Crippen molar-refractivity contribution in [1.82, 2.24) is 20.1 Å². The molecule has 2 heterocycles. The van der Waals surface area contributed by atoms with Crippen molar-refractivity contribution < 1.29 is 4.79 Å². The number of nitrogens with one attached hydrogen (secondary N) is 1. The van der Waals surface area contributed by atoms with Crippen LogP contribution in [0.1, 0.15) is 25.8 Å². The quantitative estimate of drug-likeness (QED) is 0.593. The Balaban J connectivity index is 1.86. The van der Waals surface area contributed by atoms with Crippen LogP contribution in [0.3, 0.4) is 0 Å². The third kappa shape index (κ3) is 4.53. The van der Waals surface area contributed by atoms with Gasteiger partial charge in [-0.1, -0.05) is 55.1 Å². The second-order valence-electron chi connectivity index (χ2n) is 5.91. The maximum Gasteiger partial charge on any atom is 0.233 e. The zero-order chi connectivity index (χ0) is 18.4. The first-order chi connectivity index (χ1) is 12.7. The van der Waals surface area contributed by atoms with E-state index in [4.69, 9.17) is 0 Å². The molecule has 1 atom stereocenters. The van der Waals surface area contributed by atoms with Crippen LogP contribution < -0.4 is 5.32 Å². The summed E-state index contributed by atoms with van der Waals surface area (Å²) in [5.74, 6) is 0.872. The molecule has 0 saturated heterocycles. The molecule has 1 N–H and O–H groups in total. The summed E-state index contributed by atoms with van der Waals surface area (Å²) in [6.45, 7) is 5.32. The number of thiophene rings is 1. The predicted molar refractivity (Wildman–Crippen MR) is 107 cm³/mol. The Morgan fingerprint density at radius 2 is 2.04 bits per heavy atom. The number of nitrogens with zero attached hydrogens (tertiary/aromatic N) is 3. The highest BCUT2D eigenvalue weighted by Gasteiger charge is 2.21. The van der Waals surface area contributed by atoms with Gasteiger partial charge in [0.15, 0.2) is 11.0 Å². The largest absolute Gasteiger partial charge is 0.355 e. The molecule has 3 rings (SSSR count). The number of thioether (sulfide) groups is 1. The molecule has 0 fully saturated rings. The van der Waals surface area contributed by atoms with Crippen molar-refractivity contribution in [3.63, 3.8) is 0 Å². The minimum atomic E-state index is -0.226. The summed E-state index contributed by atoms with van der Waals surface area (Å²) in [5.41, 5.74) is 1.18. The van der Waals surface area contributed by atoms with E-state index >= 15 is 0 Å². The Hall–Kier alpha value is -2.12. The second-order valence-corrected chi connectivity index (χ2v) is 8.16. The molecule has 136 valence electrons. The number of benzene rings is 1. The topological polar surface area (TPSA) is 59.8 Å². The molecule has 1 unspecified atom stereocenters. The van der Waals surface area contributed by atoms with Crippen molar-refractivity contribution in [3.05, 3.63) is 53.4 Å². The van der Waals surface area contributed by atoms with Gasteiger partial charge in [-0.2, -0.15) is 0 Å². The summed E-state index contributed by atoms with van der Waals surface area (Å²) in [5, 5.41) is 14.3. The lowest BCUT2D eigenvalue weighted by atomic mass is 10.2. The Labute approximate surface area is 161 Å². The summed E-state index contributed by atoms with van der Waals surface area (Å²) in [6.07, 6.45) is 0.926. The molecule has 0 aliphatic carbocycles. The Kier molecular flexibility index (Phi) is 6.46. The lowest BCUT2D eigenvalue weighted by Gasteiger charge is -2.13. The van der Waals surface area contributed by atoms with E-state index in [0.29, 0.717) is 13.1 Å². The van der Waals surface area contributed by atoms with Gasteiger partial charge < -0.3 is 5.32 Å². The van der Waals surface area contributed by atoms with E-state index in [9.17, 15) is 4.79 Å². The van der Waals surface area contributed by atoms with Crippen molar-refractivity contribution in [2.24, 2.45) is 0 Å². The van der Waals surface area contributed by atoms with Crippen LogP contribution in [-0.4, -0.2) is 32.5 Å². The summed E-state index contributed by atoms with van der Waals surface area (Å²) < 4.78 is 2.09. The summed E-state index contributed by atoms with van der Waals surface area (Å²) in [7, 11) is 0. The van der Waals surface area contributed by atoms with Crippen LogP contribution in [0.15, 0.2) is 53.0 Å². The first-order valence-corrected chi connectivity index (χ1v) is 10.4. The van der Waals surface area contributed by atoms with Gasteiger partial charge in [0.05, 0.1) is 16.7 Å². The average molecular weight is 387 g/mol. The Morgan fingerprint density at radius 1 is 1.23 bits per heavy atom. The van der Waals surface area contributed by atoms with Gasteiger partial charge in [-0.3, -0.25) is 9.36 Å². The van der Waals surface area contributed by atoms with E-state index in [0.717, 1.165) is 22.3 Å². The van der Waals surface area contributed by atoms with Crippen LogP contribution in [0.2, 0.25) is 0 Å². The fourth-order valence-electron chi connectivity index (χ4n) is 2.48. The van der Waals surface area contributed by atoms with Gasteiger partial charge in [-0.25, -0.2) is 0 Å². The summed E-state index contributed by atoms with van der Waals surface area (Å²) in [6, 6.07) is 14.3. The van der Waals surface area contributed by atoms with Crippen LogP contribution in [0, 0.1) is 0 Å². The predicted octanol–water partition coefficient (Wildman–Crippen LogP) is 4.06. The molecule has 0 saturated carbocycles. The second kappa shape index (κ2) is 9.00. The monoisotopic (exact) mass is 386 g/mol. The molecule has 3 aromatic rings. The van der Waals surface area contributed by atoms with Crippen LogP contribution >= 0.6 is 23.1 Å². The third-order valence-electron chi connectivity index (χ3n) is 3.84. The number of rotatable bonds is 8. The molecule has 1 amide bonds. The van der Waals surface area contributed by atoms with Crippen molar-refractivity contribution in [3.8, 4) is 10.7 Å². The van der Waals surface area contributed by atoms with Crippen molar-refractivity contribution in [1.29, 1.82) is 0 Å². The van der Waals surface area contributed by atoms with Crippen LogP contribution in [0.4, 0.5) is 0 Å². The highest BCUT2D eigenvalue weighted by atomic mass is 32.2. The van der Waals surface area contributed by atoms with E-state index in [1.165, 1.54) is 17.3 Å². The number of amides is 1. The van der Waals surface area contributed by atoms with Gasteiger partial charge in [0.1, 0.15) is 0 Å². The first-order valence-electron chi connectivity index (χ1n) is 8.64. The third-order valence-corrected chi connectivity index (χ3v) is 5.79. The Bertz CT molecular complexity index is 831. The normalized spacial score (nSPS) is 12.1. The number of aromatic nitrogens is 3. The maximum absolute atomic E-state index is 12.2. The van der Waals surface area contributed by atoms with Gasteiger partial charge in [-0.15, -0.1) is 21.5 Å². The number of hydrogen-bond acceptors (Lipinski definition) is 5. The lowest BCUT2D eigenvalue weighted by Crippen LogP contribution is -2.31. The van der Waals surface area contributed by atoms with E-state index in [2.05, 4.69) is 32.2 Å². The molecular formula is C19H22N4OS2. The zero-order valence-electron chi connectivity index (χ0n) is 14.9. The molecule has 0 aliphatic heterocycles. The molecule has 0 bridgehead atoms. The minimum Gasteiger partial charge on any atom is -0.355 e. The van der Waals surface area contributed by atoms with Crippen molar-refractivity contribution in [2.45, 2.75) is 37.2 Å². The van der Waals surface area contributed by atoms with Gasteiger partial charge in [0, 0.05) is 6.54 Å². The molecule has 0 radical (unpaired) electrons. The fraction of sp³-hybridized carbons (Fsp3) is 0.316. The minimum absolute atomic E-state index is 0.0313. The SMILES string of the molecule is CCCNC(=O)C(C)Sc1nnc(-c2cccs2)n1Cc1ccccc1. The number of hydrogen-bond donors (Lipinski definition) is 1. The molecular weight excluding hydrogens is 364 g/mol. The molecule has 2 aromatic heterocycles. The molecule has 5 nitrogen and oxygen atoms in total. The summed E-state index contributed by atoms with van der Waals surface area (Å²) >= 11 is 3.09. The first kappa shape index (κ1) is 18.7. The number of carbonyl (C=O) groups excluding carboxylic acids is 1. The van der Waals surface area contributed by atoms with Crippen LogP contribution in [0.5, 0.6) is 0 Å². The molecule has 0 aliphatic rings. The Morgan fingerprint density at radius 3 is 2.73 bits per heavy atom. The van der Waals surface area contributed by atoms with E-state index in [-0.39, 0.29) is 11.2 Å². The zero-order valence-corrected chi connectivity index (χ0v) is 16.5. The highest BCUT2D eigenvalue weighted by molar-refractivity contribution is 8.00. The smallest absolute Gasteiger partial charge is 0.233 e. The van der Waals surface area contributed by atoms with E-state index in [1.54, 1.807) is 11.3 Å². The van der Waals surface area contributed by atoms with Gasteiger partial charge in [0.25, 0.3) is 0 Å². The molecule has 0 spiro atoms. The van der Waals surface area contributed by atoms with Crippen LogP contribution in [-0.2, 0) is 11.3 Å². The summed E-state index contributed by atoms with van der Waals surface area (Å²) in [4.78, 5) is 13.3. The standard InChI is InChI=1S/C19H22N4OS2/c1-3-11-20-18(24)14(2)26-19-22-21-17(16-10-7-12-25-16)23(19)13-15-8-5-4-6-9-15/h4-10,12,14H,3,11,13H2,1-2H3,(H,20,24). The van der Waals surface area contributed by atoms with Crippen molar-refractivity contribution >= 4 is 29.0 Å². The molecule has 26 heavy (non-hydrogen) atoms. The lowest BCUT2D eigenvalue weighted by molar-refractivity contribution is -0.120. The van der Waals surface area contributed by atoms with Crippen LogP contribution in [0.25, 0.3) is 10.7 Å². The van der Waals surface area contributed by atoms with E-state index in [1.807, 2.05) is 49.6 Å². The van der Waals surface area contributed by atoms with Gasteiger partial charge in [-0.05, 0) is 30.4 Å². The molecule has 7 heteroatoms. The number of carbonyl (C=O) groups is 1. The van der Waals surface area contributed by atoms with Gasteiger partial charge >= 0.3 is 0 Å².